The summed E-state index contributed by atoms with van der Waals surface area (Å²) in [6, 6.07) is 1.99. The topological polar surface area (TPSA) is 65.3 Å². The molecule has 0 spiro atoms. The maximum absolute atomic E-state index is 5.69. The third kappa shape index (κ3) is 2.49. The summed E-state index contributed by atoms with van der Waals surface area (Å²) >= 11 is 0. The molecular weight excluding hydrogens is 294 g/mol. The predicted molar refractivity (Wildman–Crippen MR) is 84.7 cm³/mol. The van der Waals surface area contributed by atoms with E-state index in [-0.39, 0.29) is 5.41 Å². The molecule has 2 fully saturated rings. The number of anilines is 1. The number of ether oxygens (including phenoxy) is 2. The zero-order valence-corrected chi connectivity index (χ0v) is 13.5. The van der Waals surface area contributed by atoms with Crippen LogP contribution >= 0.6 is 0 Å². The van der Waals surface area contributed by atoms with Crippen LogP contribution in [0, 0.1) is 18.3 Å². The highest BCUT2D eigenvalue weighted by molar-refractivity contribution is 5.45. The normalized spacial score (nSPS) is 26.7. The first-order valence-corrected chi connectivity index (χ1v) is 7.85. The second kappa shape index (κ2) is 5.58. The van der Waals surface area contributed by atoms with Crippen LogP contribution < -0.4 is 4.90 Å². The van der Waals surface area contributed by atoms with Crippen LogP contribution in [0.15, 0.2) is 24.8 Å². The first-order valence-electron chi connectivity index (χ1n) is 7.85. The number of hydrogen-bond donors (Lipinski definition) is 0. The van der Waals surface area contributed by atoms with E-state index >= 15 is 0 Å². The van der Waals surface area contributed by atoms with Crippen molar-refractivity contribution in [2.75, 3.05) is 44.9 Å². The van der Waals surface area contributed by atoms with Gasteiger partial charge in [-0.25, -0.2) is 14.6 Å². The molecule has 2 aliphatic rings. The summed E-state index contributed by atoms with van der Waals surface area (Å²) in [5.41, 5.74) is 1.19. The van der Waals surface area contributed by atoms with Crippen molar-refractivity contribution < 1.29 is 9.47 Å². The molecule has 0 unspecified atom stereocenters. The van der Waals surface area contributed by atoms with Gasteiger partial charge in [-0.3, -0.25) is 0 Å². The second-order valence-corrected chi connectivity index (χ2v) is 6.58. The van der Waals surface area contributed by atoms with E-state index in [2.05, 4.69) is 20.0 Å². The molecule has 7 heteroatoms. The van der Waals surface area contributed by atoms with E-state index in [4.69, 9.17) is 9.47 Å². The summed E-state index contributed by atoms with van der Waals surface area (Å²) in [6.45, 7) is 6.15. The van der Waals surface area contributed by atoms with E-state index in [9.17, 15) is 0 Å². The summed E-state index contributed by atoms with van der Waals surface area (Å²) in [5, 5.41) is 4.32. The van der Waals surface area contributed by atoms with Crippen molar-refractivity contribution in [3.63, 3.8) is 0 Å². The van der Waals surface area contributed by atoms with Crippen molar-refractivity contribution in [1.29, 1.82) is 0 Å². The van der Waals surface area contributed by atoms with Gasteiger partial charge in [0.25, 0.3) is 0 Å². The molecule has 0 radical (unpaired) electrons. The average molecular weight is 315 g/mol. The highest BCUT2D eigenvalue weighted by Crippen LogP contribution is 2.42. The van der Waals surface area contributed by atoms with Crippen LogP contribution in [0.2, 0.25) is 0 Å². The Bertz CT molecular complexity index is 703. The van der Waals surface area contributed by atoms with Gasteiger partial charge in [0.1, 0.15) is 12.1 Å². The minimum Gasteiger partial charge on any atom is -0.384 e. The highest BCUT2D eigenvalue weighted by atomic mass is 16.5. The van der Waals surface area contributed by atoms with Crippen molar-refractivity contribution in [2.45, 2.75) is 6.92 Å². The highest BCUT2D eigenvalue weighted by Gasteiger charge is 2.51. The van der Waals surface area contributed by atoms with Crippen LogP contribution in [0.3, 0.4) is 0 Å². The summed E-state index contributed by atoms with van der Waals surface area (Å²) < 4.78 is 12.9. The molecule has 122 valence electrons. The lowest BCUT2D eigenvalue weighted by Gasteiger charge is -2.26. The minimum absolute atomic E-state index is 0.0855. The Kier molecular flexibility index (Phi) is 3.54. The Labute approximate surface area is 135 Å². The van der Waals surface area contributed by atoms with Gasteiger partial charge in [0, 0.05) is 43.8 Å². The smallest absolute Gasteiger partial charge is 0.158 e. The molecule has 0 aliphatic carbocycles. The van der Waals surface area contributed by atoms with E-state index in [1.54, 1.807) is 18.1 Å². The van der Waals surface area contributed by atoms with E-state index in [0.717, 1.165) is 50.1 Å². The quantitative estimate of drug-likeness (QED) is 0.841. The van der Waals surface area contributed by atoms with E-state index in [0.29, 0.717) is 5.92 Å². The Hall–Kier alpha value is -1.99. The fourth-order valence-electron chi connectivity index (χ4n) is 3.67. The SMILES string of the molecule is COC[C@@]12COC[C@@H]1CN(c1cc(-n3cc(C)cn3)ncn1)C2. The second-order valence-electron chi connectivity index (χ2n) is 6.58. The number of aromatic nitrogens is 4. The van der Waals surface area contributed by atoms with Crippen molar-refractivity contribution in [3.05, 3.63) is 30.4 Å². The van der Waals surface area contributed by atoms with Gasteiger partial charge in [0.2, 0.25) is 0 Å². The van der Waals surface area contributed by atoms with Gasteiger partial charge in [-0.15, -0.1) is 0 Å². The molecule has 4 heterocycles. The molecule has 0 aromatic carbocycles. The molecular formula is C16H21N5O2. The molecule has 7 nitrogen and oxygen atoms in total. The van der Waals surface area contributed by atoms with Crippen LogP contribution in [-0.4, -0.2) is 59.8 Å². The number of nitrogens with zero attached hydrogens (tertiary/aromatic N) is 5. The first-order chi connectivity index (χ1) is 11.2. The van der Waals surface area contributed by atoms with Crippen LogP contribution in [-0.2, 0) is 9.47 Å². The Morgan fingerprint density at radius 2 is 2.26 bits per heavy atom. The summed E-state index contributed by atoms with van der Waals surface area (Å²) in [5.74, 6) is 2.22. The molecule has 0 N–H and O–H groups in total. The van der Waals surface area contributed by atoms with E-state index in [1.807, 2.05) is 25.4 Å². The monoisotopic (exact) mass is 315 g/mol. The molecule has 0 amide bonds. The van der Waals surface area contributed by atoms with Gasteiger partial charge in [-0.1, -0.05) is 0 Å². The maximum Gasteiger partial charge on any atom is 0.158 e. The van der Waals surface area contributed by atoms with Crippen LogP contribution in [0.1, 0.15) is 5.56 Å². The van der Waals surface area contributed by atoms with Crippen LogP contribution in [0.5, 0.6) is 0 Å². The minimum atomic E-state index is 0.0855. The number of aryl methyl sites for hydroxylation is 1. The van der Waals surface area contributed by atoms with Gasteiger partial charge >= 0.3 is 0 Å². The lowest BCUT2D eigenvalue weighted by atomic mass is 9.82. The van der Waals surface area contributed by atoms with Gasteiger partial charge in [-0.05, 0) is 12.5 Å². The molecule has 0 bridgehead atoms. The molecule has 2 aromatic rings. The lowest BCUT2D eigenvalue weighted by molar-refractivity contribution is 0.0660. The van der Waals surface area contributed by atoms with Crippen LogP contribution in [0.4, 0.5) is 5.82 Å². The number of methoxy groups -OCH3 is 1. The zero-order valence-electron chi connectivity index (χ0n) is 13.5. The third-order valence-electron chi connectivity index (χ3n) is 4.86. The van der Waals surface area contributed by atoms with Crippen molar-refractivity contribution in [2.24, 2.45) is 11.3 Å². The van der Waals surface area contributed by atoms with Crippen molar-refractivity contribution in [3.8, 4) is 5.82 Å². The standard InChI is InChI=1S/C16H21N5O2/c1-12-4-19-21(5-12)15-3-14(17-11-18-15)20-6-13-7-23-10-16(13,8-20)9-22-2/h3-5,11,13H,6-10H2,1-2H3/t13-,16-/m0/s1. The first kappa shape index (κ1) is 14.6. The van der Waals surface area contributed by atoms with Crippen molar-refractivity contribution in [1.82, 2.24) is 19.7 Å². The zero-order chi connectivity index (χ0) is 15.9. The van der Waals surface area contributed by atoms with Gasteiger partial charge in [0.05, 0.1) is 26.0 Å². The number of hydrogen-bond acceptors (Lipinski definition) is 6. The van der Waals surface area contributed by atoms with E-state index < -0.39 is 0 Å². The third-order valence-corrected chi connectivity index (χ3v) is 4.86. The molecule has 2 aromatic heterocycles. The Balaban J connectivity index is 1.60. The van der Waals surface area contributed by atoms with Crippen molar-refractivity contribution >= 4 is 5.82 Å². The fraction of sp³-hybridized carbons (Fsp3) is 0.562. The van der Waals surface area contributed by atoms with Gasteiger partial charge in [0.15, 0.2) is 5.82 Å². The lowest BCUT2D eigenvalue weighted by Crippen LogP contribution is -2.35. The van der Waals surface area contributed by atoms with Crippen LogP contribution in [0.25, 0.3) is 5.82 Å². The summed E-state index contributed by atoms with van der Waals surface area (Å²) in [4.78, 5) is 11.1. The summed E-state index contributed by atoms with van der Waals surface area (Å²) in [7, 11) is 1.76. The molecule has 2 aliphatic heterocycles. The Morgan fingerprint density at radius 1 is 1.39 bits per heavy atom. The maximum atomic E-state index is 5.69. The largest absolute Gasteiger partial charge is 0.384 e. The predicted octanol–water partition coefficient (Wildman–Crippen LogP) is 1.07. The molecule has 2 saturated heterocycles. The molecule has 2 atom stereocenters. The fourth-order valence-corrected chi connectivity index (χ4v) is 3.67. The molecule has 0 saturated carbocycles. The number of fused-ring (bicyclic) bond motifs is 1. The molecule has 4 rings (SSSR count). The van der Waals surface area contributed by atoms with E-state index in [1.165, 1.54) is 0 Å². The summed E-state index contributed by atoms with van der Waals surface area (Å²) in [6.07, 6.45) is 5.40. The average Bonchev–Trinajstić information content (AvgIpc) is 3.21. The van der Waals surface area contributed by atoms with Gasteiger partial charge < -0.3 is 14.4 Å². The number of rotatable bonds is 4. The van der Waals surface area contributed by atoms with Gasteiger partial charge in [-0.2, -0.15) is 5.10 Å². The molecule has 23 heavy (non-hydrogen) atoms. The Morgan fingerprint density at radius 3 is 3.04 bits per heavy atom.